The number of esters is 1. The zero-order valence-corrected chi connectivity index (χ0v) is 18.4. The average Bonchev–Trinajstić information content (AvgIpc) is 3.30. The number of nitrogens with zero attached hydrogens (tertiary/aromatic N) is 2. The van der Waals surface area contributed by atoms with Crippen molar-refractivity contribution in [3.05, 3.63) is 56.7 Å². The highest BCUT2D eigenvalue weighted by molar-refractivity contribution is 9.10. The molecule has 2 aromatic rings. The Morgan fingerprint density at radius 1 is 1.03 bits per heavy atom. The Kier molecular flexibility index (Phi) is 7.58. The lowest BCUT2D eigenvalue weighted by Crippen LogP contribution is -2.51. The predicted molar refractivity (Wildman–Crippen MR) is 114 cm³/mol. The molecule has 1 aromatic heterocycles. The number of piperazine rings is 1. The number of rotatable bonds is 6. The lowest BCUT2D eigenvalue weighted by atomic mass is 10.2. The summed E-state index contributed by atoms with van der Waals surface area (Å²) in [5.41, 5.74) is 0.406. The minimum atomic E-state index is -0.696. The van der Waals surface area contributed by atoms with E-state index in [0.29, 0.717) is 36.6 Å². The van der Waals surface area contributed by atoms with E-state index >= 15 is 0 Å². The second-order valence-corrected chi connectivity index (χ2v) is 8.37. The number of benzene rings is 1. The van der Waals surface area contributed by atoms with Crippen molar-refractivity contribution in [2.24, 2.45) is 0 Å². The highest BCUT2D eigenvalue weighted by atomic mass is 79.9. The number of carbonyl (C=O) groups excluding carboxylic acids is 4. The van der Waals surface area contributed by atoms with Crippen molar-refractivity contribution < 1.29 is 23.9 Å². The summed E-state index contributed by atoms with van der Waals surface area (Å²) in [6.45, 7) is 0.893. The summed E-state index contributed by atoms with van der Waals surface area (Å²) in [4.78, 5) is 52.4. The zero-order valence-electron chi connectivity index (χ0n) is 16.0. The van der Waals surface area contributed by atoms with Crippen LogP contribution in [0.15, 0.2) is 46.3 Å². The van der Waals surface area contributed by atoms with Crippen molar-refractivity contribution >= 4 is 51.0 Å². The molecule has 30 heavy (non-hydrogen) atoms. The van der Waals surface area contributed by atoms with E-state index in [1.807, 2.05) is 11.4 Å². The Hall–Kier alpha value is -2.72. The Balaban J connectivity index is 1.37. The van der Waals surface area contributed by atoms with Gasteiger partial charge in [0.15, 0.2) is 6.61 Å². The second kappa shape index (κ2) is 10.4. The average molecular weight is 494 g/mol. The summed E-state index contributed by atoms with van der Waals surface area (Å²) < 4.78 is 5.72. The molecule has 0 unspecified atom stereocenters. The van der Waals surface area contributed by atoms with Gasteiger partial charge in [0.25, 0.3) is 17.7 Å². The maximum atomic E-state index is 12.3. The summed E-state index contributed by atoms with van der Waals surface area (Å²) in [6.07, 6.45) is 0. The number of carbonyl (C=O) groups is 4. The first kappa shape index (κ1) is 22.0. The number of amides is 3. The molecule has 0 atom stereocenters. The molecular weight excluding hydrogens is 474 g/mol. The molecule has 3 amide bonds. The van der Waals surface area contributed by atoms with Gasteiger partial charge in [-0.2, -0.15) is 0 Å². The highest BCUT2D eigenvalue weighted by Crippen LogP contribution is 2.14. The van der Waals surface area contributed by atoms with Crippen molar-refractivity contribution in [1.82, 2.24) is 15.1 Å². The maximum absolute atomic E-state index is 12.3. The molecule has 8 nitrogen and oxygen atoms in total. The van der Waals surface area contributed by atoms with Crippen LogP contribution in [0.2, 0.25) is 0 Å². The SMILES string of the molecule is O=C(CNC(=O)c1cccc(Br)c1)OCC(=O)N1CCN(C(=O)c2cccs2)CC1. The molecule has 0 radical (unpaired) electrons. The number of nitrogens with one attached hydrogen (secondary N) is 1. The first-order chi connectivity index (χ1) is 14.4. The van der Waals surface area contributed by atoms with E-state index in [-0.39, 0.29) is 18.4 Å². The third-order valence-electron chi connectivity index (χ3n) is 4.49. The fourth-order valence-electron chi connectivity index (χ4n) is 2.88. The molecular formula is C20H20BrN3O5S. The van der Waals surface area contributed by atoms with Crippen LogP contribution in [0.4, 0.5) is 0 Å². The molecule has 0 saturated carbocycles. The van der Waals surface area contributed by atoms with Gasteiger partial charge in [0, 0.05) is 36.2 Å². The zero-order chi connectivity index (χ0) is 21.5. The van der Waals surface area contributed by atoms with Crippen LogP contribution < -0.4 is 5.32 Å². The van der Waals surface area contributed by atoms with Crippen molar-refractivity contribution in [2.75, 3.05) is 39.3 Å². The molecule has 1 aliphatic heterocycles. The molecule has 1 aromatic carbocycles. The van der Waals surface area contributed by atoms with Crippen molar-refractivity contribution in [3.63, 3.8) is 0 Å². The van der Waals surface area contributed by atoms with E-state index in [2.05, 4.69) is 21.2 Å². The van der Waals surface area contributed by atoms with Crippen LogP contribution in [0.25, 0.3) is 0 Å². The number of hydrogen-bond acceptors (Lipinski definition) is 6. The third kappa shape index (κ3) is 5.90. The van der Waals surface area contributed by atoms with Gasteiger partial charge >= 0.3 is 5.97 Å². The summed E-state index contributed by atoms with van der Waals surface area (Å²) in [7, 11) is 0. The molecule has 2 heterocycles. The number of thiophene rings is 1. The number of ether oxygens (including phenoxy) is 1. The van der Waals surface area contributed by atoms with Crippen LogP contribution >= 0.6 is 27.3 Å². The van der Waals surface area contributed by atoms with Crippen LogP contribution in [0.3, 0.4) is 0 Å². The van der Waals surface area contributed by atoms with Crippen molar-refractivity contribution in [3.8, 4) is 0 Å². The quantitative estimate of drug-likeness (QED) is 0.618. The van der Waals surface area contributed by atoms with Gasteiger partial charge in [-0.15, -0.1) is 11.3 Å². The van der Waals surface area contributed by atoms with Gasteiger partial charge in [-0.3, -0.25) is 19.2 Å². The Morgan fingerprint density at radius 2 is 1.77 bits per heavy atom. The van der Waals surface area contributed by atoms with Gasteiger partial charge in [-0.25, -0.2) is 0 Å². The topological polar surface area (TPSA) is 96.0 Å². The third-order valence-corrected chi connectivity index (χ3v) is 5.84. The Morgan fingerprint density at radius 3 is 2.43 bits per heavy atom. The molecule has 1 N–H and O–H groups in total. The van der Waals surface area contributed by atoms with Gasteiger partial charge in [0.2, 0.25) is 0 Å². The first-order valence-corrected chi connectivity index (χ1v) is 10.9. The summed E-state index contributed by atoms with van der Waals surface area (Å²) >= 11 is 4.66. The minimum Gasteiger partial charge on any atom is -0.454 e. The number of halogens is 1. The fourth-order valence-corrected chi connectivity index (χ4v) is 3.97. The first-order valence-electron chi connectivity index (χ1n) is 9.24. The number of hydrogen-bond donors (Lipinski definition) is 1. The summed E-state index contributed by atoms with van der Waals surface area (Å²) in [5.74, 6) is -1.47. The van der Waals surface area contributed by atoms with Gasteiger partial charge in [-0.1, -0.05) is 28.1 Å². The molecule has 10 heteroatoms. The van der Waals surface area contributed by atoms with Crippen molar-refractivity contribution in [2.45, 2.75) is 0 Å². The van der Waals surface area contributed by atoms with E-state index in [4.69, 9.17) is 4.74 Å². The van der Waals surface area contributed by atoms with Crippen LogP contribution in [0.1, 0.15) is 20.0 Å². The van der Waals surface area contributed by atoms with Crippen LogP contribution in [-0.4, -0.2) is 72.8 Å². The smallest absolute Gasteiger partial charge is 0.325 e. The van der Waals surface area contributed by atoms with Gasteiger partial charge in [0.05, 0.1) is 4.88 Å². The van der Waals surface area contributed by atoms with E-state index in [0.717, 1.165) is 4.47 Å². The van der Waals surface area contributed by atoms with E-state index < -0.39 is 18.5 Å². The van der Waals surface area contributed by atoms with Crippen LogP contribution in [0.5, 0.6) is 0 Å². The maximum Gasteiger partial charge on any atom is 0.325 e. The van der Waals surface area contributed by atoms with Crippen LogP contribution in [-0.2, 0) is 14.3 Å². The molecule has 0 aliphatic carbocycles. The molecule has 0 spiro atoms. The summed E-state index contributed by atoms with van der Waals surface area (Å²) in [5, 5.41) is 4.31. The largest absolute Gasteiger partial charge is 0.454 e. The fraction of sp³-hybridized carbons (Fsp3) is 0.300. The van der Waals surface area contributed by atoms with Crippen molar-refractivity contribution in [1.29, 1.82) is 0 Å². The van der Waals surface area contributed by atoms with E-state index in [1.54, 1.807) is 40.1 Å². The summed E-state index contributed by atoms with van der Waals surface area (Å²) in [6, 6.07) is 10.4. The molecule has 1 saturated heterocycles. The lowest BCUT2D eigenvalue weighted by molar-refractivity contribution is -0.151. The van der Waals surface area contributed by atoms with Gasteiger partial charge in [-0.05, 0) is 29.6 Å². The molecule has 3 rings (SSSR count). The monoisotopic (exact) mass is 493 g/mol. The standard InChI is InChI=1S/C20H20BrN3O5S/c21-15-4-1-3-14(11-15)19(27)22-12-18(26)29-13-17(25)23-6-8-24(9-7-23)20(28)16-5-2-10-30-16/h1-5,10-11H,6-9,12-13H2,(H,22,27). The lowest BCUT2D eigenvalue weighted by Gasteiger charge is -2.34. The van der Waals surface area contributed by atoms with E-state index in [1.165, 1.54) is 11.3 Å². The highest BCUT2D eigenvalue weighted by Gasteiger charge is 2.25. The van der Waals surface area contributed by atoms with E-state index in [9.17, 15) is 19.2 Å². The Bertz CT molecular complexity index is 926. The second-order valence-electron chi connectivity index (χ2n) is 6.50. The molecule has 158 valence electrons. The molecule has 1 fully saturated rings. The minimum absolute atomic E-state index is 0.0373. The van der Waals surface area contributed by atoms with Gasteiger partial charge in [0.1, 0.15) is 6.54 Å². The normalized spacial score (nSPS) is 13.6. The molecule has 1 aliphatic rings. The van der Waals surface area contributed by atoms with Gasteiger partial charge < -0.3 is 19.9 Å². The Labute approximate surface area is 185 Å². The molecule has 0 bridgehead atoms. The predicted octanol–water partition coefficient (Wildman–Crippen LogP) is 1.77. The van der Waals surface area contributed by atoms with Crippen LogP contribution in [0, 0.1) is 0 Å².